The van der Waals surface area contributed by atoms with Crippen molar-refractivity contribution in [2.75, 3.05) is 13.1 Å². The highest BCUT2D eigenvalue weighted by atomic mass is 32.1. The van der Waals surface area contributed by atoms with Crippen LogP contribution in [0.2, 0.25) is 0 Å². The maximum atomic E-state index is 11.3. The van der Waals surface area contributed by atoms with Crippen molar-refractivity contribution in [2.24, 2.45) is 0 Å². The van der Waals surface area contributed by atoms with E-state index in [1.807, 2.05) is 20.0 Å². The van der Waals surface area contributed by atoms with Crippen molar-refractivity contribution < 1.29 is 4.79 Å². The Hall–Kier alpha value is -1.20. The summed E-state index contributed by atoms with van der Waals surface area (Å²) in [6, 6.07) is 0.105. The Kier molecular flexibility index (Phi) is 5.14. The predicted molar refractivity (Wildman–Crippen MR) is 66.5 cm³/mol. The van der Waals surface area contributed by atoms with Crippen molar-refractivity contribution in [1.82, 2.24) is 15.6 Å². The molecule has 5 heteroatoms. The summed E-state index contributed by atoms with van der Waals surface area (Å²) in [6.07, 6.45) is 3.50. The van der Waals surface area contributed by atoms with Gasteiger partial charge in [0.05, 0.1) is 12.6 Å². The smallest absolute Gasteiger partial charge is 0.234 e. The van der Waals surface area contributed by atoms with Crippen LogP contribution in [0.4, 0.5) is 0 Å². The summed E-state index contributed by atoms with van der Waals surface area (Å²) >= 11 is 1.64. The zero-order valence-corrected chi connectivity index (χ0v) is 10.4. The van der Waals surface area contributed by atoms with E-state index in [0.29, 0.717) is 13.1 Å². The third kappa shape index (κ3) is 4.12. The lowest BCUT2D eigenvalue weighted by molar-refractivity contribution is -0.120. The van der Waals surface area contributed by atoms with E-state index in [4.69, 9.17) is 0 Å². The highest BCUT2D eigenvalue weighted by molar-refractivity contribution is 7.11. The number of hydrogen-bond acceptors (Lipinski definition) is 4. The van der Waals surface area contributed by atoms with Crippen molar-refractivity contribution in [3.05, 3.63) is 28.7 Å². The Morgan fingerprint density at radius 3 is 3.06 bits per heavy atom. The fourth-order valence-electron chi connectivity index (χ4n) is 1.15. The van der Waals surface area contributed by atoms with Gasteiger partial charge in [0.15, 0.2) is 0 Å². The molecular formula is C11H17N3OS. The second-order valence-corrected chi connectivity index (χ2v) is 4.77. The molecule has 0 aliphatic rings. The zero-order valence-electron chi connectivity index (χ0n) is 9.62. The molecule has 1 aromatic rings. The summed E-state index contributed by atoms with van der Waals surface area (Å²) < 4.78 is 0. The molecular weight excluding hydrogens is 222 g/mol. The van der Waals surface area contributed by atoms with Crippen LogP contribution in [0.15, 0.2) is 18.9 Å². The molecule has 1 aromatic heterocycles. The summed E-state index contributed by atoms with van der Waals surface area (Å²) in [5.41, 5.74) is 0. The van der Waals surface area contributed by atoms with Gasteiger partial charge in [-0.1, -0.05) is 6.08 Å². The Bertz CT molecular complexity index is 362. The van der Waals surface area contributed by atoms with Crippen LogP contribution in [0.3, 0.4) is 0 Å². The molecule has 0 bridgehead atoms. The zero-order chi connectivity index (χ0) is 12.0. The molecule has 16 heavy (non-hydrogen) atoms. The number of nitrogens with one attached hydrogen (secondary N) is 2. The molecule has 88 valence electrons. The fraction of sp³-hybridized carbons (Fsp3) is 0.455. The lowest BCUT2D eigenvalue weighted by Crippen LogP contribution is -2.35. The highest BCUT2D eigenvalue weighted by Crippen LogP contribution is 2.18. The average molecular weight is 239 g/mol. The SMILES string of the molecule is C=CCNC(=O)CN[C@H](C)c1ncc(C)s1. The van der Waals surface area contributed by atoms with Gasteiger partial charge in [0.2, 0.25) is 5.91 Å². The van der Waals surface area contributed by atoms with Crippen LogP contribution in [-0.4, -0.2) is 24.0 Å². The molecule has 1 heterocycles. The molecule has 0 unspecified atom stereocenters. The van der Waals surface area contributed by atoms with Crippen molar-refractivity contribution in [3.63, 3.8) is 0 Å². The number of carbonyl (C=O) groups is 1. The van der Waals surface area contributed by atoms with Crippen molar-refractivity contribution in [1.29, 1.82) is 0 Å². The summed E-state index contributed by atoms with van der Waals surface area (Å²) in [7, 11) is 0. The number of aryl methyl sites for hydroxylation is 1. The molecule has 0 aliphatic heterocycles. The number of nitrogens with zero attached hydrogens (tertiary/aromatic N) is 1. The van der Waals surface area contributed by atoms with Crippen LogP contribution in [-0.2, 0) is 4.79 Å². The first-order valence-electron chi connectivity index (χ1n) is 5.16. The van der Waals surface area contributed by atoms with E-state index in [9.17, 15) is 4.79 Å². The first-order chi connectivity index (χ1) is 7.63. The molecule has 0 aromatic carbocycles. The molecule has 0 saturated heterocycles. The van der Waals surface area contributed by atoms with Gasteiger partial charge in [-0.3, -0.25) is 10.1 Å². The normalized spacial score (nSPS) is 12.1. The van der Waals surface area contributed by atoms with Gasteiger partial charge in [0.1, 0.15) is 5.01 Å². The molecule has 1 atom stereocenters. The number of aromatic nitrogens is 1. The van der Waals surface area contributed by atoms with Crippen molar-refractivity contribution in [3.8, 4) is 0 Å². The number of hydrogen-bond donors (Lipinski definition) is 2. The number of thiazole rings is 1. The average Bonchev–Trinajstić information content (AvgIpc) is 2.69. The molecule has 0 saturated carbocycles. The third-order valence-electron chi connectivity index (χ3n) is 2.02. The fourth-order valence-corrected chi connectivity index (χ4v) is 1.95. The van der Waals surface area contributed by atoms with Gasteiger partial charge in [-0.25, -0.2) is 4.98 Å². The van der Waals surface area contributed by atoms with Crippen molar-refractivity contribution in [2.45, 2.75) is 19.9 Å². The largest absolute Gasteiger partial charge is 0.352 e. The molecule has 0 fully saturated rings. The van der Waals surface area contributed by atoms with Gasteiger partial charge >= 0.3 is 0 Å². The quantitative estimate of drug-likeness (QED) is 0.738. The molecule has 0 radical (unpaired) electrons. The predicted octanol–water partition coefficient (Wildman–Crippen LogP) is 1.40. The molecule has 1 rings (SSSR count). The summed E-state index contributed by atoms with van der Waals surface area (Å²) in [6.45, 7) is 8.36. The van der Waals surface area contributed by atoms with Crippen LogP contribution in [0.1, 0.15) is 22.9 Å². The number of amides is 1. The monoisotopic (exact) mass is 239 g/mol. The van der Waals surface area contributed by atoms with Crippen LogP contribution in [0.25, 0.3) is 0 Å². The second-order valence-electron chi connectivity index (χ2n) is 3.50. The van der Waals surface area contributed by atoms with E-state index in [1.165, 1.54) is 4.88 Å². The van der Waals surface area contributed by atoms with E-state index in [1.54, 1.807) is 17.4 Å². The van der Waals surface area contributed by atoms with Crippen molar-refractivity contribution >= 4 is 17.2 Å². The standard InChI is InChI=1S/C11H17N3OS/c1-4-5-12-10(15)7-13-9(3)11-14-6-8(2)16-11/h4,6,9,13H,1,5,7H2,2-3H3,(H,12,15)/t9-/m1/s1. The molecule has 0 spiro atoms. The van der Waals surface area contributed by atoms with Gasteiger partial charge in [-0.15, -0.1) is 17.9 Å². The summed E-state index contributed by atoms with van der Waals surface area (Å²) in [4.78, 5) is 16.7. The third-order valence-corrected chi connectivity index (χ3v) is 3.12. The minimum Gasteiger partial charge on any atom is -0.352 e. The van der Waals surface area contributed by atoms with Gasteiger partial charge in [0.25, 0.3) is 0 Å². The Morgan fingerprint density at radius 2 is 2.50 bits per heavy atom. The van der Waals surface area contributed by atoms with Crippen LogP contribution in [0, 0.1) is 6.92 Å². The van der Waals surface area contributed by atoms with E-state index in [-0.39, 0.29) is 11.9 Å². The molecule has 2 N–H and O–H groups in total. The summed E-state index contributed by atoms with van der Waals surface area (Å²) in [5.74, 6) is -0.0278. The van der Waals surface area contributed by atoms with Crippen LogP contribution in [0.5, 0.6) is 0 Å². The first kappa shape index (κ1) is 12.9. The van der Waals surface area contributed by atoms with Crippen LogP contribution < -0.4 is 10.6 Å². The Balaban J connectivity index is 2.32. The maximum Gasteiger partial charge on any atom is 0.234 e. The Morgan fingerprint density at radius 1 is 1.75 bits per heavy atom. The topological polar surface area (TPSA) is 54.0 Å². The van der Waals surface area contributed by atoms with E-state index in [2.05, 4.69) is 22.2 Å². The number of carbonyl (C=O) groups excluding carboxylic acids is 1. The first-order valence-corrected chi connectivity index (χ1v) is 5.98. The van der Waals surface area contributed by atoms with E-state index >= 15 is 0 Å². The van der Waals surface area contributed by atoms with Crippen LogP contribution >= 0.6 is 11.3 Å². The minimum absolute atomic E-state index is 0.0278. The molecule has 4 nitrogen and oxygen atoms in total. The molecule has 1 amide bonds. The second kappa shape index (κ2) is 6.40. The minimum atomic E-state index is -0.0278. The van der Waals surface area contributed by atoms with Gasteiger partial charge in [-0.2, -0.15) is 0 Å². The molecule has 0 aliphatic carbocycles. The lowest BCUT2D eigenvalue weighted by atomic mass is 10.3. The van der Waals surface area contributed by atoms with Gasteiger partial charge in [0, 0.05) is 17.6 Å². The van der Waals surface area contributed by atoms with Gasteiger partial charge < -0.3 is 5.32 Å². The summed E-state index contributed by atoms with van der Waals surface area (Å²) in [5, 5.41) is 6.84. The van der Waals surface area contributed by atoms with E-state index in [0.717, 1.165) is 5.01 Å². The van der Waals surface area contributed by atoms with Gasteiger partial charge in [-0.05, 0) is 13.8 Å². The van der Waals surface area contributed by atoms with E-state index < -0.39 is 0 Å². The number of rotatable bonds is 6. The maximum absolute atomic E-state index is 11.3. The highest BCUT2D eigenvalue weighted by Gasteiger charge is 2.10. The Labute approximate surface area is 99.8 Å². The lowest BCUT2D eigenvalue weighted by Gasteiger charge is -2.10.